The second-order valence-corrected chi connectivity index (χ2v) is 9.46. The van der Waals surface area contributed by atoms with Crippen LogP contribution in [0.2, 0.25) is 0 Å². The Bertz CT molecular complexity index is 1430. The lowest BCUT2D eigenvalue weighted by Crippen LogP contribution is -2.30. The summed E-state index contributed by atoms with van der Waals surface area (Å²) in [4.78, 5) is 16.8. The van der Waals surface area contributed by atoms with Gasteiger partial charge in [-0.15, -0.1) is 0 Å². The van der Waals surface area contributed by atoms with Gasteiger partial charge in [0.25, 0.3) is 0 Å². The maximum absolute atomic E-state index is 13.7. The van der Waals surface area contributed by atoms with Crippen molar-refractivity contribution in [1.29, 1.82) is 0 Å². The van der Waals surface area contributed by atoms with E-state index in [1.54, 1.807) is 4.90 Å². The maximum Gasteiger partial charge on any atom is 0.419 e. The van der Waals surface area contributed by atoms with Gasteiger partial charge in [0.2, 0.25) is 5.95 Å². The molecule has 0 amide bonds. The number of anilines is 4. The van der Waals surface area contributed by atoms with Crippen LogP contribution in [-0.4, -0.2) is 45.7 Å². The van der Waals surface area contributed by atoms with E-state index in [4.69, 9.17) is 10.1 Å². The largest absolute Gasteiger partial charge is 0.462 e. The van der Waals surface area contributed by atoms with E-state index in [2.05, 4.69) is 21.2 Å². The number of nitrogens with zero attached hydrogens (tertiary/aromatic N) is 5. The van der Waals surface area contributed by atoms with Crippen molar-refractivity contribution in [3.63, 3.8) is 0 Å². The van der Waals surface area contributed by atoms with Gasteiger partial charge in [-0.2, -0.15) is 31.3 Å². The Morgan fingerprint density at radius 2 is 1.68 bits per heavy atom. The molecule has 1 unspecified atom stereocenters. The lowest BCUT2D eigenvalue weighted by atomic mass is 10.1. The van der Waals surface area contributed by atoms with Crippen LogP contribution in [0.25, 0.3) is 0 Å². The molecule has 40 heavy (non-hydrogen) atoms. The lowest BCUT2D eigenvalue weighted by Gasteiger charge is -2.24. The monoisotopic (exact) mass is 562 g/mol. The summed E-state index contributed by atoms with van der Waals surface area (Å²) < 4.78 is 80.3. The van der Waals surface area contributed by atoms with Gasteiger partial charge in [-0.1, -0.05) is 0 Å². The molecule has 1 atom stereocenters. The molecule has 1 fully saturated rings. The fourth-order valence-electron chi connectivity index (χ4n) is 5.01. The fraction of sp³-hybridized carbons (Fsp3) is 0.370. The normalized spacial score (nSPS) is 17.6. The van der Waals surface area contributed by atoms with Crippen LogP contribution in [0.1, 0.15) is 35.2 Å². The highest BCUT2D eigenvalue weighted by molar-refractivity contribution is 5.63. The average Bonchev–Trinajstić information content (AvgIpc) is 3.26. The zero-order chi connectivity index (χ0) is 28.5. The molecule has 0 saturated carbocycles. The first-order valence-electron chi connectivity index (χ1n) is 12.6. The van der Waals surface area contributed by atoms with Crippen molar-refractivity contribution in [2.75, 3.05) is 34.8 Å². The number of rotatable bonds is 4. The summed E-state index contributed by atoms with van der Waals surface area (Å²) in [6.45, 7) is 0.982. The standard InChI is InChI=1S/C27H24F6N6O/c28-26(29,30)17-5-7-18(8-6-17)35-23-20-9-14-38(24-21(27(31,32)33)4-1-12-34-24)15-10-22(20)36-25(37-23)39-13-2-3-19(39)11-16-40/h1,4-8,12,19,40H,2-3,9-10,13-15H2,(H,35,36,37). The minimum Gasteiger partial charge on any atom is -0.462 e. The number of pyridine rings is 1. The molecular weight excluding hydrogens is 538 g/mol. The summed E-state index contributed by atoms with van der Waals surface area (Å²) in [5.41, 5.74) is -0.0145. The number of aliphatic hydroxyl groups is 1. The third-order valence-corrected chi connectivity index (χ3v) is 6.94. The van der Waals surface area contributed by atoms with Crippen LogP contribution in [0.4, 0.5) is 49.6 Å². The molecule has 3 aromatic rings. The number of benzene rings is 1. The van der Waals surface area contributed by atoms with Gasteiger partial charge in [-0.05, 0) is 61.6 Å². The summed E-state index contributed by atoms with van der Waals surface area (Å²) in [5, 5.41) is 12.2. The summed E-state index contributed by atoms with van der Waals surface area (Å²) >= 11 is 0. The Labute approximate surface area is 225 Å². The van der Waals surface area contributed by atoms with Crippen molar-refractivity contribution in [2.24, 2.45) is 0 Å². The van der Waals surface area contributed by atoms with Crippen molar-refractivity contribution in [3.05, 3.63) is 65.0 Å². The first-order valence-corrected chi connectivity index (χ1v) is 12.6. The van der Waals surface area contributed by atoms with Gasteiger partial charge in [0.05, 0.1) is 22.9 Å². The SMILES string of the molecule is OC#CC1CCCN1c1nc2c(c(Nc3ccc(C(F)(F)F)cc3)n1)CCN(c1ncccc1C(F)(F)F)CC2. The number of hydrogen-bond donors (Lipinski definition) is 2. The van der Waals surface area contributed by atoms with Crippen molar-refractivity contribution in [1.82, 2.24) is 15.0 Å². The Balaban J connectivity index is 1.51. The quantitative estimate of drug-likeness (QED) is 0.319. The molecule has 0 bridgehead atoms. The summed E-state index contributed by atoms with van der Waals surface area (Å²) in [6, 6.07) is 6.40. The zero-order valence-electron chi connectivity index (χ0n) is 21.0. The van der Waals surface area contributed by atoms with E-state index in [0.717, 1.165) is 24.6 Å². The van der Waals surface area contributed by atoms with Gasteiger partial charge in [0.1, 0.15) is 17.7 Å². The molecule has 13 heteroatoms. The minimum absolute atomic E-state index is 0.175. The fourth-order valence-corrected chi connectivity index (χ4v) is 5.01. The number of nitrogens with one attached hydrogen (secondary N) is 1. The molecule has 210 valence electrons. The van der Waals surface area contributed by atoms with E-state index < -0.39 is 23.5 Å². The molecule has 2 aliphatic heterocycles. The van der Waals surface area contributed by atoms with Crippen molar-refractivity contribution in [2.45, 2.75) is 44.1 Å². The van der Waals surface area contributed by atoms with Crippen LogP contribution in [0.15, 0.2) is 42.6 Å². The van der Waals surface area contributed by atoms with Gasteiger partial charge in [0, 0.05) is 43.5 Å². The Morgan fingerprint density at radius 3 is 2.38 bits per heavy atom. The zero-order valence-corrected chi connectivity index (χ0v) is 21.0. The Kier molecular flexibility index (Phi) is 7.35. The molecule has 0 radical (unpaired) electrons. The summed E-state index contributed by atoms with van der Waals surface area (Å²) in [6.07, 6.45) is -3.79. The Hall–Kier alpha value is -4.21. The van der Waals surface area contributed by atoms with Crippen LogP contribution < -0.4 is 15.1 Å². The Morgan fingerprint density at radius 1 is 0.925 bits per heavy atom. The van der Waals surface area contributed by atoms with E-state index in [9.17, 15) is 26.3 Å². The van der Waals surface area contributed by atoms with E-state index in [-0.39, 0.29) is 37.8 Å². The van der Waals surface area contributed by atoms with Gasteiger partial charge in [-0.3, -0.25) is 0 Å². The highest BCUT2D eigenvalue weighted by Gasteiger charge is 2.36. The van der Waals surface area contributed by atoms with Crippen molar-refractivity contribution in [3.8, 4) is 12.0 Å². The van der Waals surface area contributed by atoms with Crippen LogP contribution in [0.3, 0.4) is 0 Å². The molecule has 4 heterocycles. The third-order valence-electron chi connectivity index (χ3n) is 6.94. The number of halogens is 6. The smallest absolute Gasteiger partial charge is 0.419 e. The first kappa shape index (κ1) is 27.4. The molecular formula is C27H24F6N6O. The van der Waals surface area contributed by atoms with E-state index in [0.29, 0.717) is 41.7 Å². The predicted molar refractivity (Wildman–Crippen MR) is 136 cm³/mol. The average molecular weight is 563 g/mol. The molecule has 0 spiro atoms. The maximum atomic E-state index is 13.7. The number of aromatic nitrogens is 3. The predicted octanol–water partition coefficient (Wildman–Crippen LogP) is 5.56. The highest BCUT2D eigenvalue weighted by atomic mass is 19.4. The number of fused-ring (bicyclic) bond motifs is 1. The number of alkyl halides is 6. The van der Waals surface area contributed by atoms with E-state index >= 15 is 0 Å². The van der Waals surface area contributed by atoms with Crippen LogP contribution in [0.5, 0.6) is 0 Å². The molecule has 2 N–H and O–H groups in total. The van der Waals surface area contributed by atoms with Crippen LogP contribution >= 0.6 is 0 Å². The van der Waals surface area contributed by atoms with Crippen LogP contribution in [-0.2, 0) is 25.2 Å². The van der Waals surface area contributed by atoms with Crippen LogP contribution in [0, 0.1) is 12.0 Å². The topological polar surface area (TPSA) is 77.4 Å². The molecule has 7 nitrogen and oxygen atoms in total. The molecule has 0 aliphatic carbocycles. The molecule has 1 aromatic carbocycles. The molecule has 2 aromatic heterocycles. The minimum atomic E-state index is -4.58. The van der Waals surface area contributed by atoms with Crippen molar-refractivity contribution >= 4 is 23.3 Å². The summed E-state index contributed by atoms with van der Waals surface area (Å²) in [5.74, 6) is 3.22. The second kappa shape index (κ2) is 10.7. The second-order valence-electron chi connectivity index (χ2n) is 9.46. The van der Waals surface area contributed by atoms with Gasteiger partial charge in [0.15, 0.2) is 0 Å². The summed E-state index contributed by atoms with van der Waals surface area (Å²) in [7, 11) is 0. The molecule has 2 aliphatic rings. The molecule has 5 rings (SSSR count). The molecule has 1 saturated heterocycles. The highest BCUT2D eigenvalue weighted by Crippen LogP contribution is 2.37. The van der Waals surface area contributed by atoms with Gasteiger partial charge < -0.3 is 20.2 Å². The number of hydrogen-bond acceptors (Lipinski definition) is 7. The van der Waals surface area contributed by atoms with Gasteiger partial charge in [-0.25, -0.2) is 9.97 Å². The van der Waals surface area contributed by atoms with E-state index in [1.165, 1.54) is 24.4 Å². The van der Waals surface area contributed by atoms with Crippen molar-refractivity contribution < 1.29 is 31.4 Å². The third kappa shape index (κ3) is 5.71. The van der Waals surface area contributed by atoms with E-state index in [1.807, 2.05) is 11.0 Å². The number of aliphatic hydroxyl groups excluding tert-OH is 1. The van der Waals surface area contributed by atoms with Gasteiger partial charge >= 0.3 is 12.4 Å². The lowest BCUT2D eigenvalue weighted by molar-refractivity contribution is -0.138. The first-order chi connectivity index (χ1) is 19.0.